The zero-order valence-corrected chi connectivity index (χ0v) is 17.9. The molecule has 0 radical (unpaired) electrons. The average Bonchev–Trinajstić information content (AvgIpc) is 3.24. The first-order valence-electron chi connectivity index (χ1n) is 9.16. The van der Waals surface area contributed by atoms with Gasteiger partial charge in [-0.25, -0.2) is 4.98 Å². The van der Waals surface area contributed by atoms with Crippen molar-refractivity contribution in [1.82, 2.24) is 19.9 Å². The Morgan fingerprint density at radius 2 is 2.32 bits per heavy atom. The maximum absolute atomic E-state index is 11.6. The van der Waals surface area contributed by atoms with Crippen LogP contribution >= 0.6 is 23.1 Å². The number of aromatic nitrogens is 2. The topological polar surface area (TPSA) is 62.5 Å². The standard InChI is InChI=1S/C20H23N5OS2/c1-24(11-14-6-4-5-13-9-21-8-7-15(13)14)22-10-16-17(12-26)25(2)19-18(16)28-20(23-19)27-3/h4-6,10,12,21H,7-9,11H2,1-3H3/b22-10-. The number of nitrogens with zero attached hydrogens (tertiary/aromatic N) is 4. The molecule has 3 heterocycles. The van der Waals surface area contributed by atoms with E-state index in [0.29, 0.717) is 5.69 Å². The van der Waals surface area contributed by atoms with E-state index in [2.05, 4.69) is 33.6 Å². The molecular weight excluding hydrogens is 390 g/mol. The summed E-state index contributed by atoms with van der Waals surface area (Å²) in [7, 11) is 3.85. The summed E-state index contributed by atoms with van der Waals surface area (Å²) in [5.41, 5.74) is 6.42. The molecule has 0 bridgehead atoms. The van der Waals surface area contributed by atoms with Crippen LogP contribution in [0.25, 0.3) is 10.3 Å². The first-order valence-corrected chi connectivity index (χ1v) is 11.2. The first kappa shape index (κ1) is 19.2. The van der Waals surface area contributed by atoms with Crippen LogP contribution in [-0.4, -0.2) is 46.9 Å². The van der Waals surface area contributed by atoms with Gasteiger partial charge in [0.05, 0.1) is 23.2 Å². The molecule has 4 rings (SSSR count). The fourth-order valence-electron chi connectivity index (χ4n) is 3.66. The van der Waals surface area contributed by atoms with E-state index in [1.54, 1.807) is 29.3 Å². The molecule has 0 atom stereocenters. The van der Waals surface area contributed by atoms with Gasteiger partial charge in [0.2, 0.25) is 0 Å². The van der Waals surface area contributed by atoms with E-state index in [1.165, 1.54) is 16.7 Å². The van der Waals surface area contributed by atoms with Gasteiger partial charge in [0.15, 0.2) is 16.3 Å². The van der Waals surface area contributed by atoms with Gasteiger partial charge in [-0.3, -0.25) is 9.80 Å². The fourth-order valence-corrected chi connectivity index (χ4v) is 5.27. The monoisotopic (exact) mass is 413 g/mol. The number of hydrogen-bond acceptors (Lipinski definition) is 7. The van der Waals surface area contributed by atoms with Crippen LogP contribution in [-0.2, 0) is 26.6 Å². The minimum atomic E-state index is 0.613. The summed E-state index contributed by atoms with van der Waals surface area (Å²) in [5.74, 6) is 0. The number of aldehydes is 1. The first-order chi connectivity index (χ1) is 13.6. The van der Waals surface area contributed by atoms with Gasteiger partial charge in [-0.05, 0) is 35.9 Å². The highest BCUT2D eigenvalue weighted by Crippen LogP contribution is 2.33. The Kier molecular flexibility index (Phi) is 5.52. The molecule has 0 saturated heterocycles. The second-order valence-corrected chi connectivity index (χ2v) is 8.91. The summed E-state index contributed by atoms with van der Waals surface area (Å²) in [4.78, 5) is 16.2. The lowest BCUT2D eigenvalue weighted by atomic mass is 9.95. The molecule has 0 spiro atoms. The Morgan fingerprint density at radius 3 is 3.11 bits per heavy atom. The summed E-state index contributed by atoms with van der Waals surface area (Å²) in [6, 6.07) is 6.49. The lowest BCUT2D eigenvalue weighted by Crippen LogP contribution is -2.25. The van der Waals surface area contributed by atoms with Gasteiger partial charge in [-0.1, -0.05) is 30.0 Å². The molecule has 0 amide bonds. The van der Waals surface area contributed by atoms with E-state index in [1.807, 2.05) is 29.9 Å². The highest BCUT2D eigenvalue weighted by molar-refractivity contribution is 8.00. The van der Waals surface area contributed by atoms with Gasteiger partial charge < -0.3 is 9.88 Å². The smallest absolute Gasteiger partial charge is 0.167 e. The Labute approximate surface area is 172 Å². The predicted octanol–water partition coefficient (Wildman–Crippen LogP) is 3.28. The van der Waals surface area contributed by atoms with E-state index < -0.39 is 0 Å². The highest BCUT2D eigenvalue weighted by Gasteiger charge is 2.18. The average molecular weight is 414 g/mol. The third-order valence-corrected chi connectivity index (χ3v) is 7.16. The van der Waals surface area contributed by atoms with Gasteiger partial charge >= 0.3 is 0 Å². The normalized spacial score (nSPS) is 14.0. The van der Waals surface area contributed by atoms with Gasteiger partial charge in [0.25, 0.3) is 0 Å². The van der Waals surface area contributed by atoms with Gasteiger partial charge in [-0.15, -0.1) is 11.3 Å². The SMILES string of the molecule is CSc1nc2c(s1)c(/C=N\N(C)Cc1cccc3c1CCNC3)c(C=O)n2C. The quantitative estimate of drug-likeness (QED) is 0.291. The number of hydrogen-bond donors (Lipinski definition) is 1. The van der Waals surface area contributed by atoms with Crippen LogP contribution in [0.4, 0.5) is 0 Å². The van der Waals surface area contributed by atoms with Crippen molar-refractivity contribution in [2.75, 3.05) is 19.8 Å². The van der Waals surface area contributed by atoms with Crippen molar-refractivity contribution in [3.8, 4) is 0 Å². The van der Waals surface area contributed by atoms with E-state index in [9.17, 15) is 4.79 Å². The summed E-state index contributed by atoms with van der Waals surface area (Å²) >= 11 is 3.22. The summed E-state index contributed by atoms with van der Waals surface area (Å²) in [6.07, 6.45) is 5.74. The minimum absolute atomic E-state index is 0.613. The van der Waals surface area contributed by atoms with Crippen LogP contribution < -0.4 is 5.32 Å². The van der Waals surface area contributed by atoms with E-state index in [0.717, 1.165) is 52.6 Å². The number of nitrogens with one attached hydrogen (secondary N) is 1. The van der Waals surface area contributed by atoms with Gasteiger partial charge in [0.1, 0.15) is 0 Å². The van der Waals surface area contributed by atoms with E-state index in [4.69, 9.17) is 0 Å². The number of carbonyl (C=O) groups excluding carboxylic acids is 1. The third kappa shape index (κ3) is 3.47. The van der Waals surface area contributed by atoms with Crippen molar-refractivity contribution < 1.29 is 4.79 Å². The number of aryl methyl sites for hydroxylation is 1. The Hall–Kier alpha value is -2.16. The van der Waals surface area contributed by atoms with Crippen molar-refractivity contribution in [3.63, 3.8) is 0 Å². The van der Waals surface area contributed by atoms with Crippen LogP contribution in [0.15, 0.2) is 27.6 Å². The number of carbonyl (C=O) groups is 1. The lowest BCUT2D eigenvalue weighted by molar-refractivity contribution is 0.111. The Balaban J connectivity index is 1.61. The zero-order valence-electron chi connectivity index (χ0n) is 16.2. The van der Waals surface area contributed by atoms with Crippen LogP contribution in [0, 0.1) is 0 Å². The molecule has 1 aromatic carbocycles. The number of rotatable bonds is 6. The molecule has 6 nitrogen and oxygen atoms in total. The minimum Gasteiger partial charge on any atom is -0.325 e. The van der Waals surface area contributed by atoms with Crippen LogP contribution in [0.5, 0.6) is 0 Å². The molecule has 0 saturated carbocycles. The van der Waals surface area contributed by atoms with Crippen molar-refractivity contribution in [3.05, 3.63) is 46.1 Å². The number of thiazole rings is 1. The van der Waals surface area contributed by atoms with Crippen LogP contribution in [0.3, 0.4) is 0 Å². The second kappa shape index (κ2) is 8.06. The number of thioether (sulfide) groups is 1. The number of hydrazone groups is 1. The molecular formula is C20H23N5OS2. The molecule has 3 aromatic rings. The molecule has 1 aliphatic heterocycles. The molecule has 8 heteroatoms. The highest BCUT2D eigenvalue weighted by atomic mass is 32.2. The van der Waals surface area contributed by atoms with Gasteiger partial charge in [0, 0.05) is 26.2 Å². The fraction of sp³-hybridized carbons (Fsp3) is 0.350. The lowest BCUT2D eigenvalue weighted by Gasteiger charge is -2.22. The maximum Gasteiger partial charge on any atom is 0.167 e. The van der Waals surface area contributed by atoms with Crippen molar-refractivity contribution >= 4 is 45.9 Å². The summed E-state index contributed by atoms with van der Waals surface area (Å²) < 4.78 is 3.85. The molecule has 1 N–H and O–H groups in total. The van der Waals surface area contributed by atoms with E-state index in [-0.39, 0.29) is 0 Å². The molecule has 0 fully saturated rings. The molecule has 28 heavy (non-hydrogen) atoms. The Morgan fingerprint density at radius 1 is 1.46 bits per heavy atom. The second-order valence-electron chi connectivity index (χ2n) is 6.85. The van der Waals surface area contributed by atoms with Crippen molar-refractivity contribution in [1.29, 1.82) is 0 Å². The third-order valence-electron chi connectivity index (χ3n) is 5.10. The molecule has 2 aromatic heterocycles. The molecule has 146 valence electrons. The van der Waals surface area contributed by atoms with Gasteiger partial charge in [-0.2, -0.15) is 5.10 Å². The number of benzene rings is 1. The number of fused-ring (bicyclic) bond motifs is 2. The summed E-state index contributed by atoms with van der Waals surface area (Å²) in [5, 5.41) is 9.99. The van der Waals surface area contributed by atoms with Crippen molar-refractivity contribution in [2.24, 2.45) is 12.1 Å². The largest absolute Gasteiger partial charge is 0.325 e. The Bertz CT molecular complexity index is 1050. The molecule has 0 unspecified atom stereocenters. The van der Waals surface area contributed by atoms with Crippen LogP contribution in [0.2, 0.25) is 0 Å². The van der Waals surface area contributed by atoms with E-state index >= 15 is 0 Å². The van der Waals surface area contributed by atoms with Crippen molar-refractivity contribution in [2.45, 2.75) is 23.8 Å². The maximum atomic E-state index is 11.6. The molecule has 0 aliphatic carbocycles. The predicted molar refractivity (Wildman–Crippen MR) is 117 cm³/mol. The molecule has 1 aliphatic rings. The zero-order chi connectivity index (χ0) is 19.7. The van der Waals surface area contributed by atoms with Crippen LogP contribution in [0.1, 0.15) is 32.7 Å². The summed E-state index contributed by atoms with van der Waals surface area (Å²) in [6.45, 7) is 2.69.